The molecule has 2 heterocycles. The third-order valence-corrected chi connectivity index (χ3v) is 3.08. The Hall–Kier alpha value is -2.18. The normalized spacial score (nSPS) is 10.8. The Morgan fingerprint density at radius 3 is 2.75 bits per heavy atom. The van der Waals surface area contributed by atoms with E-state index in [2.05, 4.69) is 25.4 Å². The van der Waals surface area contributed by atoms with E-state index >= 15 is 0 Å². The van der Waals surface area contributed by atoms with Crippen molar-refractivity contribution in [2.75, 3.05) is 0 Å². The smallest absolute Gasteiger partial charge is 0.220 e. The first kappa shape index (κ1) is 14.2. The first-order chi connectivity index (χ1) is 9.56. The lowest BCUT2D eigenvalue weighted by atomic mass is 10.2. The van der Waals surface area contributed by atoms with E-state index < -0.39 is 0 Å². The fourth-order valence-electron chi connectivity index (χ4n) is 1.97. The Balaban J connectivity index is 1.70. The maximum Gasteiger partial charge on any atom is 0.220 e. The molecule has 2 aromatic heterocycles. The van der Waals surface area contributed by atoms with Crippen molar-refractivity contribution in [3.05, 3.63) is 28.8 Å². The van der Waals surface area contributed by atoms with Crippen molar-refractivity contribution in [3.8, 4) is 0 Å². The molecule has 2 rings (SSSR count). The van der Waals surface area contributed by atoms with Crippen LogP contribution < -0.4 is 5.32 Å². The average Bonchev–Trinajstić information content (AvgIpc) is 2.93. The fourth-order valence-corrected chi connectivity index (χ4v) is 1.97. The van der Waals surface area contributed by atoms with Gasteiger partial charge in [0.25, 0.3) is 0 Å². The second-order valence-corrected chi connectivity index (χ2v) is 4.83. The van der Waals surface area contributed by atoms with Crippen LogP contribution >= 0.6 is 0 Å². The quantitative estimate of drug-likeness (QED) is 0.859. The molecule has 0 saturated carbocycles. The van der Waals surface area contributed by atoms with Crippen LogP contribution in [0.4, 0.5) is 0 Å². The van der Waals surface area contributed by atoms with E-state index in [0.717, 1.165) is 24.4 Å². The van der Waals surface area contributed by atoms with E-state index in [1.165, 1.54) is 0 Å². The number of hydrogen-bond acceptors (Lipinski definition) is 5. The van der Waals surface area contributed by atoms with Gasteiger partial charge in [-0.15, -0.1) is 0 Å². The molecule has 0 atom stereocenters. The van der Waals surface area contributed by atoms with Crippen molar-refractivity contribution in [1.82, 2.24) is 25.4 Å². The predicted molar refractivity (Wildman–Crippen MR) is 71.8 cm³/mol. The number of nitrogens with zero attached hydrogens (tertiary/aromatic N) is 4. The summed E-state index contributed by atoms with van der Waals surface area (Å²) in [6, 6.07) is 2.03. The van der Waals surface area contributed by atoms with Crippen LogP contribution in [0.25, 0.3) is 0 Å². The highest BCUT2D eigenvalue weighted by Crippen LogP contribution is 2.04. The lowest BCUT2D eigenvalue weighted by Crippen LogP contribution is -2.23. The maximum absolute atomic E-state index is 11.7. The van der Waals surface area contributed by atoms with Gasteiger partial charge >= 0.3 is 0 Å². The van der Waals surface area contributed by atoms with Gasteiger partial charge < -0.3 is 5.32 Å². The predicted octanol–water partition coefficient (Wildman–Crippen LogP) is 1.29. The molecular weight excluding hydrogens is 258 g/mol. The van der Waals surface area contributed by atoms with Gasteiger partial charge in [-0.1, -0.05) is 10.3 Å². The topological polar surface area (TPSA) is 85.8 Å². The number of rotatable bonds is 6. The van der Waals surface area contributed by atoms with Gasteiger partial charge in [0.2, 0.25) is 5.91 Å². The van der Waals surface area contributed by atoms with Gasteiger partial charge in [0.15, 0.2) is 0 Å². The Morgan fingerprint density at radius 1 is 1.35 bits per heavy atom. The molecule has 0 aliphatic heterocycles. The van der Waals surface area contributed by atoms with Crippen LogP contribution in [0.15, 0.2) is 10.7 Å². The van der Waals surface area contributed by atoms with Crippen molar-refractivity contribution < 1.29 is 9.42 Å². The Kier molecular flexibility index (Phi) is 4.49. The van der Waals surface area contributed by atoms with Gasteiger partial charge in [-0.2, -0.15) is 5.10 Å². The standard InChI is InChI=1S/C13H19N5O2/c1-9-7-10(2)18(15-9)6-4-5-13(19)14-8-12-11(3)16-20-17-12/h7H,4-6,8H2,1-3H3,(H,14,19). The first-order valence-electron chi connectivity index (χ1n) is 6.62. The van der Waals surface area contributed by atoms with E-state index in [4.69, 9.17) is 0 Å². The van der Waals surface area contributed by atoms with Crippen LogP contribution in [-0.2, 0) is 17.9 Å². The van der Waals surface area contributed by atoms with Gasteiger partial charge in [-0.3, -0.25) is 9.48 Å². The number of aryl methyl sites for hydroxylation is 4. The zero-order valence-corrected chi connectivity index (χ0v) is 12.0. The minimum Gasteiger partial charge on any atom is -0.350 e. The molecule has 108 valence electrons. The van der Waals surface area contributed by atoms with Crippen molar-refractivity contribution in [2.24, 2.45) is 0 Å². The van der Waals surface area contributed by atoms with Crippen LogP contribution in [0.5, 0.6) is 0 Å². The fraction of sp³-hybridized carbons (Fsp3) is 0.538. The minimum atomic E-state index is -0.00562. The molecule has 0 aliphatic rings. The van der Waals surface area contributed by atoms with Crippen LogP contribution in [0, 0.1) is 20.8 Å². The largest absolute Gasteiger partial charge is 0.350 e. The number of carbonyl (C=O) groups is 1. The molecule has 0 aromatic carbocycles. The molecule has 7 heteroatoms. The molecule has 2 aromatic rings. The van der Waals surface area contributed by atoms with E-state index in [1.807, 2.05) is 24.6 Å². The van der Waals surface area contributed by atoms with Crippen molar-refractivity contribution >= 4 is 5.91 Å². The van der Waals surface area contributed by atoms with Crippen molar-refractivity contribution in [1.29, 1.82) is 0 Å². The summed E-state index contributed by atoms with van der Waals surface area (Å²) in [6.45, 7) is 6.87. The lowest BCUT2D eigenvalue weighted by Gasteiger charge is -2.05. The second kappa shape index (κ2) is 6.31. The molecule has 0 unspecified atom stereocenters. The number of nitrogens with one attached hydrogen (secondary N) is 1. The van der Waals surface area contributed by atoms with Gasteiger partial charge in [-0.25, -0.2) is 4.63 Å². The summed E-state index contributed by atoms with van der Waals surface area (Å²) in [7, 11) is 0. The van der Waals surface area contributed by atoms with E-state index in [9.17, 15) is 4.79 Å². The number of amides is 1. The van der Waals surface area contributed by atoms with Gasteiger partial charge in [-0.05, 0) is 33.3 Å². The van der Waals surface area contributed by atoms with E-state index in [1.54, 1.807) is 6.92 Å². The SMILES string of the molecule is Cc1cc(C)n(CCCC(=O)NCc2nonc2C)n1. The van der Waals surface area contributed by atoms with Crippen LogP contribution in [0.2, 0.25) is 0 Å². The summed E-state index contributed by atoms with van der Waals surface area (Å²) in [6.07, 6.45) is 1.21. The van der Waals surface area contributed by atoms with Crippen LogP contribution in [0.1, 0.15) is 35.6 Å². The van der Waals surface area contributed by atoms with Crippen LogP contribution in [0.3, 0.4) is 0 Å². The third-order valence-electron chi connectivity index (χ3n) is 3.08. The summed E-state index contributed by atoms with van der Waals surface area (Å²) in [5.74, 6) is -0.00562. The molecule has 1 amide bonds. The highest BCUT2D eigenvalue weighted by Gasteiger charge is 2.08. The van der Waals surface area contributed by atoms with Crippen LogP contribution in [-0.4, -0.2) is 26.0 Å². The summed E-state index contributed by atoms with van der Waals surface area (Å²) in [5, 5.41) is 14.5. The Bertz CT molecular complexity index is 587. The second-order valence-electron chi connectivity index (χ2n) is 4.83. The molecule has 0 aliphatic carbocycles. The highest BCUT2D eigenvalue weighted by molar-refractivity contribution is 5.75. The summed E-state index contributed by atoms with van der Waals surface area (Å²) >= 11 is 0. The average molecular weight is 277 g/mol. The Morgan fingerprint density at radius 2 is 2.15 bits per heavy atom. The monoisotopic (exact) mass is 277 g/mol. The summed E-state index contributed by atoms with van der Waals surface area (Å²) in [4.78, 5) is 11.7. The Labute approximate surface area is 117 Å². The van der Waals surface area contributed by atoms with Gasteiger partial charge in [0.1, 0.15) is 11.4 Å². The molecule has 0 bridgehead atoms. The molecule has 1 N–H and O–H groups in total. The van der Waals surface area contributed by atoms with Crippen molar-refractivity contribution in [2.45, 2.75) is 46.7 Å². The molecule has 0 radical (unpaired) electrons. The maximum atomic E-state index is 11.7. The highest BCUT2D eigenvalue weighted by atomic mass is 16.6. The molecule has 0 fully saturated rings. The van der Waals surface area contributed by atoms with Gasteiger partial charge in [0.05, 0.1) is 12.2 Å². The number of carbonyl (C=O) groups excluding carboxylic acids is 1. The molecule has 0 saturated heterocycles. The number of aromatic nitrogens is 4. The summed E-state index contributed by atoms with van der Waals surface area (Å²) < 4.78 is 6.49. The summed E-state index contributed by atoms with van der Waals surface area (Å²) in [5.41, 5.74) is 3.48. The zero-order valence-electron chi connectivity index (χ0n) is 12.0. The first-order valence-corrected chi connectivity index (χ1v) is 6.62. The molecule has 20 heavy (non-hydrogen) atoms. The number of hydrogen-bond donors (Lipinski definition) is 1. The lowest BCUT2D eigenvalue weighted by molar-refractivity contribution is -0.121. The molecular formula is C13H19N5O2. The minimum absolute atomic E-state index is 0.00562. The third kappa shape index (κ3) is 3.66. The van der Waals surface area contributed by atoms with Gasteiger partial charge in [0, 0.05) is 18.7 Å². The molecule has 7 nitrogen and oxygen atoms in total. The van der Waals surface area contributed by atoms with Crippen molar-refractivity contribution in [3.63, 3.8) is 0 Å². The molecule has 0 spiro atoms. The zero-order chi connectivity index (χ0) is 14.5. The van der Waals surface area contributed by atoms with E-state index in [-0.39, 0.29) is 5.91 Å². The van der Waals surface area contributed by atoms with E-state index in [0.29, 0.717) is 24.4 Å².